The maximum atomic E-state index is 13.0. The van der Waals surface area contributed by atoms with Crippen LogP contribution in [-0.4, -0.2) is 33.3 Å². The van der Waals surface area contributed by atoms with Gasteiger partial charge in [-0.2, -0.15) is 0 Å². The zero-order chi connectivity index (χ0) is 21.6. The molecule has 1 aliphatic rings. The van der Waals surface area contributed by atoms with Gasteiger partial charge in [0.15, 0.2) is 6.61 Å². The maximum Gasteiger partial charge on any atom is 0.262 e. The van der Waals surface area contributed by atoms with Gasteiger partial charge in [0.1, 0.15) is 17.4 Å². The number of hydrogen-bond donors (Lipinski definition) is 2. The molecule has 0 unspecified atom stereocenters. The van der Waals surface area contributed by atoms with Gasteiger partial charge in [0, 0.05) is 18.7 Å². The van der Waals surface area contributed by atoms with E-state index in [0.29, 0.717) is 24.5 Å². The Bertz CT molecular complexity index is 1040. The molecule has 0 aliphatic carbocycles. The van der Waals surface area contributed by atoms with Crippen molar-refractivity contribution in [3.8, 4) is 5.75 Å². The molecule has 2 aromatic carbocycles. The Morgan fingerprint density at radius 1 is 1.13 bits per heavy atom. The number of carbonyl (C=O) groups is 1. The highest BCUT2D eigenvalue weighted by Crippen LogP contribution is 2.24. The van der Waals surface area contributed by atoms with Gasteiger partial charge in [-0.15, -0.1) is 0 Å². The molecule has 0 atom stereocenters. The fourth-order valence-corrected chi connectivity index (χ4v) is 4.13. The molecule has 30 heavy (non-hydrogen) atoms. The van der Waals surface area contributed by atoms with Gasteiger partial charge >= 0.3 is 0 Å². The third-order valence-electron chi connectivity index (χ3n) is 4.33. The Labute approximate surface area is 179 Å². The van der Waals surface area contributed by atoms with E-state index in [-0.39, 0.29) is 22.3 Å². The minimum Gasteiger partial charge on any atom is -0.482 e. The maximum absolute atomic E-state index is 13.0. The molecule has 3 rings (SSSR count). The highest BCUT2D eigenvalue weighted by atomic mass is 35.5. The van der Waals surface area contributed by atoms with Gasteiger partial charge in [0.05, 0.1) is 9.92 Å². The smallest absolute Gasteiger partial charge is 0.262 e. The molecule has 0 spiro atoms. The summed E-state index contributed by atoms with van der Waals surface area (Å²) < 4.78 is 45.9. The Balaban J connectivity index is 1.56. The van der Waals surface area contributed by atoms with Gasteiger partial charge < -0.3 is 10.1 Å². The minimum atomic E-state index is -3.74. The van der Waals surface area contributed by atoms with Crippen molar-refractivity contribution in [1.82, 2.24) is 4.72 Å². The number of nitrogens with zero attached hydrogens (tertiary/aromatic N) is 1. The second-order valence-corrected chi connectivity index (χ2v) is 8.77. The van der Waals surface area contributed by atoms with Gasteiger partial charge in [0.2, 0.25) is 0 Å². The number of amidine groups is 1. The van der Waals surface area contributed by atoms with Gasteiger partial charge in [-0.05, 0) is 55.3 Å². The zero-order valence-corrected chi connectivity index (χ0v) is 17.6. The number of rotatable bonds is 6. The van der Waals surface area contributed by atoms with E-state index in [2.05, 4.69) is 15.0 Å². The minimum absolute atomic E-state index is 0.0585. The Hall–Kier alpha value is -2.65. The largest absolute Gasteiger partial charge is 0.482 e. The molecule has 1 amide bonds. The number of benzene rings is 2. The lowest BCUT2D eigenvalue weighted by Crippen LogP contribution is -2.30. The molecule has 160 valence electrons. The van der Waals surface area contributed by atoms with E-state index in [1.54, 1.807) is 0 Å². The lowest BCUT2D eigenvalue weighted by molar-refractivity contribution is -0.118. The monoisotopic (exact) mass is 453 g/mol. The summed E-state index contributed by atoms with van der Waals surface area (Å²) in [5.74, 6) is -0.326. The molecule has 10 heteroatoms. The fourth-order valence-electron chi connectivity index (χ4n) is 2.82. The van der Waals surface area contributed by atoms with Gasteiger partial charge in [-0.25, -0.2) is 12.8 Å². The number of carbonyl (C=O) groups excluding carboxylic acids is 1. The van der Waals surface area contributed by atoms with Crippen molar-refractivity contribution in [2.24, 2.45) is 4.99 Å². The number of anilines is 1. The summed E-state index contributed by atoms with van der Waals surface area (Å²) in [7, 11) is -3.74. The summed E-state index contributed by atoms with van der Waals surface area (Å²) in [5.41, 5.74) is 0.402. The first-order chi connectivity index (χ1) is 14.3. The van der Waals surface area contributed by atoms with Crippen LogP contribution >= 0.6 is 11.6 Å². The summed E-state index contributed by atoms with van der Waals surface area (Å²) in [6.07, 6.45) is 3.49. The topological polar surface area (TPSA) is 96.9 Å². The molecule has 0 saturated heterocycles. The highest BCUT2D eigenvalue weighted by molar-refractivity contribution is 7.90. The molecule has 2 aromatic rings. The summed E-state index contributed by atoms with van der Waals surface area (Å²) >= 11 is 5.84. The summed E-state index contributed by atoms with van der Waals surface area (Å²) in [5, 5.41) is 2.65. The van der Waals surface area contributed by atoms with Crippen molar-refractivity contribution in [2.75, 3.05) is 18.5 Å². The van der Waals surface area contributed by atoms with Crippen LogP contribution in [0.2, 0.25) is 5.02 Å². The average molecular weight is 454 g/mol. The molecule has 0 saturated carbocycles. The number of aliphatic imine (C=N–C) groups is 1. The molecule has 1 heterocycles. The normalized spacial score (nSPS) is 14.4. The van der Waals surface area contributed by atoms with Gasteiger partial charge in [-0.1, -0.05) is 18.0 Å². The van der Waals surface area contributed by atoms with Crippen molar-refractivity contribution in [3.05, 3.63) is 53.3 Å². The number of halogens is 2. The quantitative estimate of drug-likeness (QED) is 0.696. The van der Waals surface area contributed by atoms with E-state index in [1.165, 1.54) is 36.4 Å². The van der Waals surface area contributed by atoms with E-state index in [4.69, 9.17) is 16.3 Å². The number of nitrogens with one attached hydrogen (secondary N) is 2. The first-order valence-corrected chi connectivity index (χ1v) is 11.2. The van der Waals surface area contributed by atoms with Crippen molar-refractivity contribution in [3.63, 3.8) is 0 Å². The summed E-state index contributed by atoms with van der Waals surface area (Å²) in [6, 6.07) is 9.34. The van der Waals surface area contributed by atoms with Crippen LogP contribution in [0.15, 0.2) is 52.4 Å². The summed E-state index contributed by atoms with van der Waals surface area (Å²) in [6.45, 7) is 0.279. The van der Waals surface area contributed by atoms with Crippen molar-refractivity contribution >= 4 is 39.1 Å². The van der Waals surface area contributed by atoms with Crippen LogP contribution in [0, 0.1) is 5.82 Å². The average Bonchev–Trinajstić information content (AvgIpc) is 2.96. The van der Waals surface area contributed by atoms with Gasteiger partial charge in [-0.3, -0.25) is 14.5 Å². The predicted octanol–water partition coefficient (Wildman–Crippen LogP) is 3.75. The number of hydrogen-bond acceptors (Lipinski definition) is 5. The van der Waals surface area contributed by atoms with E-state index < -0.39 is 21.7 Å². The lowest BCUT2D eigenvalue weighted by atomic mass is 10.2. The van der Waals surface area contributed by atoms with Crippen LogP contribution in [-0.2, 0) is 14.8 Å². The number of sulfonamides is 1. The van der Waals surface area contributed by atoms with Crippen molar-refractivity contribution < 1.29 is 22.3 Å². The van der Waals surface area contributed by atoms with Crippen molar-refractivity contribution in [2.45, 2.75) is 30.6 Å². The van der Waals surface area contributed by atoms with Crippen LogP contribution < -0.4 is 14.8 Å². The van der Waals surface area contributed by atoms with Crippen LogP contribution in [0.1, 0.15) is 25.7 Å². The standard InChI is InChI=1S/C20H21ClFN3O4S/c21-17-12-14(22)5-10-18(17)29-13-20(26)24-15-6-8-16(9-7-15)30(27,28)25-19-4-2-1-3-11-23-19/h5-10,12H,1-4,11,13H2,(H,23,25)(H,24,26). The van der Waals surface area contributed by atoms with Crippen LogP contribution in [0.3, 0.4) is 0 Å². The molecular formula is C20H21ClFN3O4S. The van der Waals surface area contributed by atoms with Crippen LogP contribution in [0.4, 0.5) is 10.1 Å². The molecule has 2 N–H and O–H groups in total. The Morgan fingerprint density at radius 3 is 2.63 bits per heavy atom. The molecular weight excluding hydrogens is 433 g/mol. The lowest BCUT2D eigenvalue weighted by Gasteiger charge is -2.11. The van der Waals surface area contributed by atoms with E-state index in [9.17, 15) is 17.6 Å². The first kappa shape index (κ1) is 22.0. The van der Waals surface area contributed by atoms with E-state index >= 15 is 0 Å². The fraction of sp³-hybridized carbons (Fsp3) is 0.300. The van der Waals surface area contributed by atoms with Gasteiger partial charge in [0.25, 0.3) is 15.9 Å². The molecule has 0 aromatic heterocycles. The van der Waals surface area contributed by atoms with Crippen LogP contribution in [0.25, 0.3) is 0 Å². The molecule has 0 radical (unpaired) electrons. The van der Waals surface area contributed by atoms with Crippen LogP contribution in [0.5, 0.6) is 5.75 Å². The third-order valence-corrected chi connectivity index (χ3v) is 6.02. The summed E-state index contributed by atoms with van der Waals surface area (Å²) in [4.78, 5) is 16.4. The third kappa shape index (κ3) is 6.17. The molecule has 0 fully saturated rings. The number of amides is 1. The number of ether oxygens (including phenoxy) is 1. The predicted molar refractivity (Wildman–Crippen MR) is 113 cm³/mol. The molecule has 0 bridgehead atoms. The van der Waals surface area contributed by atoms with Crippen molar-refractivity contribution in [1.29, 1.82) is 0 Å². The zero-order valence-electron chi connectivity index (χ0n) is 16.0. The Morgan fingerprint density at radius 2 is 1.90 bits per heavy atom. The van der Waals surface area contributed by atoms with E-state index in [1.807, 2.05) is 0 Å². The van der Waals surface area contributed by atoms with E-state index in [0.717, 1.165) is 25.3 Å². The first-order valence-electron chi connectivity index (χ1n) is 9.37. The molecule has 7 nitrogen and oxygen atoms in total. The second kappa shape index (κ2) is 9.90. The molecule has 1 aliphatic heterocycles. The Kier molecular flexibility index (Phi) is 7.28. The second-order valence-electron chi connectivity index (χ2n) is 6.68. The highest BCUT2D eigenvalue weighted by Gasteiger charge is 2.17. The SMILES string of the molecule is O=C(COc1ccc(F)cc1Cl)Nc1ccc(S(=O)(=O)NC2=NCCCCC2)cc1.